The Balaban J connectivity index is 0.952. The molecule has 46 heavy (non-hydrogen) atoms. The van der Waals surface area contributed by atoms with Crippen LogP contribution in [0.2, 0.25) is 0 Å². The van der Waals surface area contributed by atoms with Crippen LogP contribution in [-0.4, -0.2) is 120 Å². The molecule has 1 aromatic rings. The number of fused-ring (bicyclic) bond motifs is 1. The number of benzene rings is 1. The van der Waals surface area contributed by atoms with Crippen molar-refractivity contribution in [1.82, 2.24) is 15.5 Å². The highest BCUT2D eigenvalue weighted by molar-refractivity contribution is 6.25. The standard InChI is InChI=1S/C32H42N4O10/c1-22-5-6-23(21-22)29(38)34-10-12-43-14-16-45-18-20-46-19-17-44-15-13-42-11-9-33-25-4-2-3-24-28(25)32(41)36(31(24)40)26-7-8-27(37)35-30(26)39/h2-6,21-22,26,33H,7-20H2,1H3,(H,34,38)(H,35,37,39). The maximum atomic E-state index is 13.1. The molecule has 0 bridgehead atoms. The van der Waals surface area contributed by atoms with Crippen LogP contribution in [0.15, 0.2) is 42.0 Å². The van der Waals surface area contributed by atoms with Crippen LogP contribution in [0.4, 0.5) is 5.69 Å². The van der Waals surface area contributed by atoms with Crippen molar-refractivity contribution in [2.24, 2.45) is 5.92 Å². The molecule has 3 N–H and O–H groups in total. The summed E-state index contributed by atoms with van der Waals surface area (Å²) in [5.74, 6) is -1.96. The van der Waals surface area contributed by atoms with Gasteiger partial charge < -0.3 is 34.3 Å². The Hall–Kier alpha value is -3.95. The lowest BCUT2D eigenvalue weighted by Gasteiger charge is -2.27. The molecule has 2 heterocycles. The first kappa shape index (κ1) is 34.9. The molecule has 1 saturated heterocycles. The van der Waals surface area contributed by atoms with Crippen molar-refractivity contribution in [3.8, 4) is 0 Å². The fourth-order valence-corrected chi connectivity index (χ4v) is 5.04. The van der Waals surface area contributed by atoms with Gasteiger partial charge in [0.2, 0.25) is 11.8 Å². The molecule has 250 valence electrons. The minimum atomic E-state index is -1.01. The van der Waals surface area contributed by atoms with Gasteiger partial charge >= 0.3 is 0 Å². The van der Waals surface area contributed by atoms with E-state index < -0.39 is 29.7 Å². The van der Waals surface area contributed by atoms with Crippen molar-refractivity contribution < 1.29 is 47.7 Å². The number of amides is 5. The molecule has 14 nitrogen and oxygen atoms in total. The Bertz CT molecular complexity index is 1310. The van der Waals surface area contributed by atoms with Crippen molar-refractivity contribution in [3.63, 3.8) is 0 Å². The number of carbonyl (C=O) groups is 5. The molecule has 0 spiro atoms. The van der Waals surface area contributed by atoms with E-state index in [1.807, 2.05) is 25.2 Å². The molecule has 2 atom stereocenters. The second-order valence-electron chi connectivity index (χ2n) is 10.8. The first-order chi connectivity index (χ1) is 22.4. The number of nitrogens with one attached hydrogen (secondary N) is 3. The maximum Gasteiger partial charge on any atom is 0.264 e. The molecule has 2 aliphatic heterocycles. The molecule has 1 fully saturated rings. The van der Waals surface area contributed by atoms with E-state index in [1.54, 1.807) is 18.2 Å². The van der Waals surface area contributed by atoms with E-state index in [2.05, 4.69) is 16.0 Å². The number of hydrogen-bond acceptors (Lipinski definition) is 11. The van der Waals surface area contributed by atoms with E-state index in [0.29, 0.717) is 96.3 Å². The second-order valence-corrected chi connectivity index (χ2v) is 10.8. The second kappa shape index (κ2) is 18.3. The lowest BCUT2D eigenvalue weighted by Crippen LogP contribution is -2.54. The van der Waals surface area contributed by atoms with Gasteiger partial charge in [0.05, 0.1) is 77.2 Å². The highest BCUT2D eigenvalue weighted by Gasteiger charge is 2.45. The van der Waals surface area contributed by atoms with Crippen LogP contribution in [-0.2, 0) is 38.1 Å². The fourth-order valence-electron chi connectivity index (χ4n) is 5.04. The van der Waals surface area contributed by atoms with Crippen molar-refractivity contribution >= 4 is 35.2 Å². The van der Waals surface area contributed by atoms with Crippen LogP contribution in [0, 0.1) is 5.92 Å². The highest BCUT2D eigenvalue weighted by Crippen LogP contribution is 2.32. The van der Waals surface area contributed by atoms with Gasteiger partial charge in [-0.1, -0.05) is 31.2 Å². The fraction of sp³-hybridized carbons (Fsp3) is 0.531. The van der Waals surface area contributed by atoms with Gasteiger partial charge in [-0.05, 0) is 24.5 Å². The molecule has 0 saturated carbocycles. The van der Waals surface area contributed by atoms with Gasteiger partial charge in [0.1, 0.15) is 6.04 Å². The van der Waals surface area contributed by atoms with Crippen molar-refractivity contribution in [3.05, 3.63) is 53.1 Å². The summed E-state index contributed by atoms with van der Waals surface area (Å²) in [7, 11) is 0. The lowest BCUT2D eigenvalue weighted by molar-refractivity contribution is -0.136. The van der Waals surface area contributed by atoms with E-state index in [4.69, 9.17) is 23.7 Å². The zero-order chi connectivity index (χ0) is 32.7. The van der Waals surface area contributed by atoms with E-state index >= 15 is 0 Å². The number of piperidine rings is 1. The third-order valence-electron chi connectivity index (χ3n) is 7.33. The molecule has 0 radical (unpaired) electrons. The molecular weight excluding hydrogens is 600 g/mol. The van der Waals surface area contributed by atoms with Crippen molar-refractivity contribution in [1.29, 1.82) is 0 Å². The normalized spacial score (nSPS) is 19.0. The number of nitrogens with zero attached hydrogens (tertiary/aromatic N) is 1. The lowest BCUT2D eigenvalue weighted by atomic mass is 10.0. The zero-order valence-electron chi connectivity index (χ0n) is 26.0. The quantitative estimate of drug-likeness (QED) is 0.128. The summed E-state index contributed by atoms with van der Waals surface area (Å²) in [4.78, 5) is 62.7. The Kier molecular flexibility index (Phi) is 13.9. The van der Waals surface area contributed by atoms with Gasteiger partial charge in [-0.25, -0.2) is 0 Å². The Morgan fingerprint density at radius 1 is 0.848 bits per heavy atom. The summed E-state index contributed by atoms with van der Waals surface area (Å²) in [6, 6.07) is 3.90. The van der Waals surface area contributed by atoms with Crippen molar-refractivity contribution in [2.45, 2.75) is 25.8 Å². The van der Waals surface area contributed by atoms with Gasteiger partial charge in [0.15, 0.2) is 0 Å². The predicted molar refractivity (Wildman–Crippen MR) is 165 cm³/mol. The van der Waals surface area contributed by atoms with Crippen molar-refractivity contribution in [2.75, 3.05) is 84.5 Å². The monoisotopic (exact) mass is 642 g/mol. The minimum absolute atomic E-state index is 0.0665. The average Bonchev–Trinajstić information content (AvgIpc) is 3.59. The first-order valence-electron chi connectivity index (χ1n) is 15.5. The Labute approximate surface area is 267 Å². The highest BCUT2D eigenvalue weighted by atomic mass is 16.6. The molecule has 2 unspecified atom stereocenters. The number of rotatable bonds is 21. The average molecular weight is 643 g/mol. The Morgan fingerprint density at radius 2 is 1.46 bits per heavy atom. The van der Waals surface area contributed by atoms with Gasteiger partial charge in [0.25, 0.3) is 17.7 Å². The van der Waals surface area contributed by atoms with Gasteiger partial charge in [-0.15, -0.1) is 0 Å². The number of hydrogen-bond donors (Lipinski definition) is 3. The molecule has 14 heteroatoms. The minimum Gasteiger partial charge on any atom is -0.382 e. The molecule has 1 aliphatic carbocycles. The molecule has 3 aliphatic rings. The zero-order valence-corrected chi connectivity index (χ0v) is 26.0. The number of ether oxygens (including phenoxy) is 5. The van der Waals surface area contributed by atoms with Crippen LogP contribution < -0.4 is 16.0 Å². The third-order valence-corrected chi connectivity index (χ3v) is 7.33. The number of allylic oxidation sites excluding steroid dienone is 2. The number of carbonyl (C=O) groups excluding carboxylic acids is 5. The van der Waals surface area contributed by atoms with Crippen LogP contribution in [0.3, 0.4) is 0 Å². The van der Waals surface area contributed by atoms with E-state index in [1.165, 1.54) is 0 Å². The smallest absolute Gasteiger partial charge is 0.264 e. The summed E-state index contributed by atoms with van der Waals surface area (Å²) in [5.41, 5.74) is 1.60. The van der Waals surface area contributed by atoms with Crippen LogP contribution in [0.1, 0.15) is 40.5 Å². The SMILES string of the molecule is CC1C=CC(C(=O)NCCOCCOCCOCCOCCOCCNc2cccc3c2C(=O)N(C2CCC(=O)NC2=O)C3=O)=C1. The summed E-state index contributed by atoms with van der Waals surface area (Å²) >= 11 is 0. The summed E-state index contributed by atoms with van der Waals surface area (Å²) < 4.78 is 27.5. The van der Waals surface area contributed by atoms with Crippen LogP contribution in [0.5, 0.6) is 0 Å². The first-order valence-corrected chi connectivity index (χ1v) is 15.5. The maximum absolute atomic E-state index is 13.1. The summed E-state index contributed by atoms with van der Waals surface area (Å²) in [6.07, 6.45) is 5.91. The van der Waals surface area contributed by atoms with Gasteiger partial charge in [0, 0.05) is 30.8 Å². The molecule has 1 aromatic carbocycles. The summed E-state index contributed by atoms with van der Waals surface area (Å²) in [5, 5.41) is 8.14. The van der Waals surface area contributed by atoms with Crippen LogP contribution >= 0.6 is 0 Å². The molecule has 0 aromatic heterocycles. The third kappa shape index (κ3) is 10.0. The summed E-state index contributed by atoms with van der Waals surface area (Å²) in [6.45, 7) is 6.96. The van der Waals surface area contributed by atoms with E-state index in [0.717, 1.165) is 4.90 Å². The molecular formula is C32H42N4O10. The van der Waals surface area contributed by atoms with E-state index in [9.17, 15) is 24.0 Å². The predicted octanol–water partition coefficient (Wildman–Crippen LogP) is 0.831. The van der Waals surface area contributed by atoms with Gasteiger partial charge in [-0.2, -0.15) is 0 Å². The molecule has 5 amide bonds. The van der Waals surface area contributed by atoms with E-state index in [-0.39, 0.29) is 29.9 Å². The van der Waals surface area contributed by atoms with Crippen LogP contribution in [0.25, 0.3) is 0 Å². The molecule has 4 rings (SSSR count). The van der Waals surface area contributed by atoms with Gasteiger partial charge in [-0.3, -0.25) is 34.2 Å². The topological polar surface area (TPSA) is 171 Å². The number of imide groups is 2. The number of anilines is 1. The largest absolute Gasteiger partial charge is 0.382 e. The Morgan fingerprint density at radius 3 is 2.04 bits per heavy atom.